The van der Waals surface area contributed by atoms with Crippen molar-refractivity contribution in [3.63, 3.8) is 0 Å². The molecule has 0 N–H and O–H groups in total. The molecular formula is C44H26N4. The Kier molecular flexibility index (Phi) is 6.22. The third kappa shape index (κ3) is 4.29. The van der Waals surface area contributed by atoms with E-state index in [2.05, 4.69) is 160 Å². The maximum atomic E-state index is 9.82. The van der Waals surface area contributed by atoms with Crippen LogP contribution < -0.4 is 0 Å². The van der Waals surface area contributed by atoms with E-state index in [4.69, 9.17) is 6.57 Å². The Morgan fingerprint density at radius 2 is 0.896 bits per heavy atom. The molecule has 0 radical (unpaired) electrons. The van der Waals surface area contributed by atoms with Crippen LogP contribution in [0.2, 0.25) is 0 Å². The van der Waals surface area contributed by atoms with E-state index in [0.717, 1.165) is 55.7 Å². The second-order valence-corrected chi connectivity index (χ2v) is 12.1. The molecule has 0 saturated heterocycles. The predicted octanol–water partition coefficient (Wildman–Crippen LogP) is 11.6. The van der Waals surface area contributed by atoms with Crippen LogP contribution in [-0.2, 0) is 0 Å². The number of benzene rings is 7. The van der Waals surface area contributed by atoms with Gasteiger partial charge in [-0.3, -0.25) is 0 Å². The monoisotopic (exact) mass is 610 g/mol. The molecule has 9 aromatic rings. The zero-order valence-electron chi connectivity index (χ0n) is 25.8. The molecule has 0 aliphatic carbocycles. The van der Waals surface area contributed by atoms with Crippen molar-refractivity contribution in [2.24, 2.45) is 0 Å². The maximum absolute atomic E-state index is 9.82. The SMILES string of the molecule is [C-]#[N+]c1cc(C#N)cc(-c2cc(-c3cccc(-n4c5ccccc5c5ccccc54)c3)cc(-n3c4ccccc4c4ccccc43)c2)c1. The highest BCUT2D eigenvalue weighted by atomic mass is 15.0. The highest BCUT2D eigenvalue weighted by molar-refractivity contribution is 6.10. The molecule has 0 fully saturated rings. The number of nitriles is 1. The Labute approximate surface area is 277 Å². The zero-order valence-corrected chi connectivity index (χ0v) is 25.8. The standard InChI is InChI=1S/C44H26N4/c1-46-34-22-29(28-45)21-31(24-34)33-23-32(26-36(27-33)48-43-19-8-4-15-39(43)40-16-5-9-20-44(40)48)30-11-10-12-35(25-30)47-41-17-6-2-13-37(41)38-14-3-7-18-42(38)47/h2-27H. The number of rotatable bonds is 4. The second kappa shape index (κ2) is 10.9. The summed E-state index contributed by atoms with van der Waals surface area (Å²) < 4.78 is 4.66. The fourth-order valence-corrected chi connectivity index (χ4v) is 7.21. The minimum atomic E-state index is 0.446. The second-order valence-electron chi connectivity index (χ2n) is 12.1. The van der Waals surface area contributed by atoms with Crippen LogP contribution in [0.5, 0.6) is 0 Å². The third-order valence-electron chi connectivity index (χ3n) is 9.28. The van der Waals surface area contributed by atoms with E-state index in [-0.39, 0.29) is 0 Å². The minimum Gasteiger partial charge on any atom is -0.309 e. The first kappa shape index (κ1) is 27.4. The van der Waals surface area contributed by atoms with Gasteiger partial charge in [0, 0.05) is 38.5 Å². The smallest absolute Gasteiger partial charge is 0.189 e. The lowest BCUT2D eigenvalue weighted by molar-refractivity contribution is 1.17. The number of fused-ring (bicyclic) bond motifs is 6. The van der Waals surface area contributed by atoms with Gasteiger partial charge < -0.3 is 9.13 Å². The molecule has 222 valence electrons. The van der Waals surface area contributed by atoms with E-state index < -0.39 is 0 Å². The number of para-hydroxylation sites is 4. The number of hydrogen-bond donors (Lipinski definition) is 0. The predicted molar refractivity (Wildman–Crippen MR) is 197 cm³/mol. The molecule has 0 aliphatic rings. The maximum Gasteiger partial charge on any atom is 0.189 e. The summed E-state index contributed by atoms with van der Waals surface area (Å²) in [5.74, 6) is 0. The fraction of sp³-hybridized carbons (Fsp3) is 0. The quantitative estimate of drug-likeness (QED) is 0.183. The van der Waals surface area contributed by atoms with Gasteiger partial charge in [0.15, 0.2) is 5.69 Å². The normalized spacial score (nSPS) is 11.3. The Balaban J connectivity index is 1.32. The van der Waals surface area contributed by atoms with Crippen LogP contribution in [0.25, 0.3) is 82.1 Å². The van der Waals surface area contributed by atoms with Crippen molar-refractivity contribution in [1.29, 1.82) is 5.26 Å². The van der Waals surface area contributed by atoms with Crippen molar-refractivity contribution in [3.05, 3.63) is 175 Å². The summed E-state index contributed by atoms with van der Waals surface area (Å²) in [5.41, 5.74) is 11.4. The molecule has 0 spiro atoms. The minimum absolute atomic E-state index is 0.446. The van der Waals surface area contributed by atoms with Gasteiger partial charge in [0.2, 0.25) is 0 Å². The van der Waals surface area contributed by atoms with E-state index in [0.29, 0.717) is 11.3 Å². The van der Waals surface area contributed by atoms with Gasteiger partial charge in [-0.1, -0.05) is 84.9 Å². The van der Waals surface area contributed by atoms with Gasteiger partial charge in [-0.25, -0.2) is 4.85 Å². The fourth-order valence-electron chi connectivity index (χ4n) is 7.21. The molecule has 4 nitrogen and oxygen atoms in total. The first-order chi connectivity index (χ1) is 23.7. The Bertz CT molecular complexity index is 2680. The summed E-state index contributed by atoms with van der Waals surface area (Å²) in [4.78, 5) is 3.68. The largest absolute Gasteiger partial charge is 0.309 e. The lowest BCUT2D eigenvalue weighted by Gasteiger charge is -2.15. The van der Waals surface area contributed by atoms with Crippen LogP contribution in [-0.4, -0.2) is 9.13 Å². The summed E-state index contributed by atoms with van der Waals surface area (Å²) in [7, 11) is 0. The molecule has 0 bridgehead atoms. The molecule has 7 aromatic carbocycles. The van der Waals surface area contributed by atoms with Crippen molar-refractivity contribution in [3.8, 4) is 39.7 Å². The van der Waals surface area contributed by atoms with Crippen LogP contribution in [0.4, 0.5) is 5.69 Å². The van der Waals surface area contributed by atoms with E-state index in [1.807, 2.05) is 12.1 Å². The van der Waals surface area contributed by atoms with Gasteiger partial charge in [0.05, 0.1) is 34.7 Å². The molecule has 0 aliphatic heterocycles. The average Bonchev–Trinajstić information content (AvgIpc) is 3.67. The van der Waals surface area contributed by atoms with Gasteiger partial charge in [-0.15, -0.1) is 0 Å². The molecule has 2 aromatic heterocycles. The molecule has 9 rings (SSSR count). The molecule has 0 unspecified atom stereocenters. The van der Waals surface area contributed by atoms with E-state index in [1.165, 1.54) is 21.5 Å². The van der Waals surface area contributed by atoms with Gasteiger partial charge in [0.1, 0.15) is 0 Å². The Morgan fingerprint density at radius 1 is 0.438 bits per heavy atom. The Morgan fingerprint density at radius 3 is 1.42 bits per heavy atom. The van der Waals surface area contributed by atoms with Gasteiger partial charge >= 0.3 is 0 Å². The van der Waals surface area contributed by atoms with E-state index in [1.54, 1.807) is 6.07 Å². The van der Waals surface area contributed by atoms with Gasteiger partial charge in [0.25, 0.3) is 0 Å². The summed E-state index contributed by atoms with van der Waals surface area (Å²) in [5, 5.41) is 14.6. The summed E-state index contributed by atoms with van der Waals surface area (Å²) >= 11 is 0. The van der Waals surface area contributed by atoms with Crippen molar-refractivity contribution >= 4 is 49.3 Å². The number of hydrogen-bond acceptors (Lipinski definition) is 1. The Hall–Kier alpha value is -6.88. The number of aromatic nitrogens is 2. The van der Waals surface area contributed by atoms with Crippen LogP contribution in [0.15, 0.2) is 158 Å². The van der Waals surface area contributed by atoms with Crippen molar-refractivity contribution in [2.45, 2.75) is 0 Å². The summed E-state index contributed by atoms with van der Waals surface area (Å²) in [6.07, 6.45) is 0. The molecule has 2 heterocycles. The van der Waals surface area contributed by atoms with Crippen molar-refractivity contribution in [2.75, 3.05) is 0 Å². The molecule has 0 saturated carbocycles. The highest BCUT2D eigenvalue weighted by Gasteiger charge is 2.16. The van der Waals surface area contributed by atoms with E-state index >= 15 is 0 Å². The molecule has 0 atom stereocenters. The van der Waals surface area contributed by atoms with Gasteiger partial charge in [-0.2, -0.15) is 5.26 Å². The molecule has 0 amide bonds. The lowest BCUT2D eigenvalue weighted by Crippen LogP contribution is -1.97. The number of nitrogens with zero attached hydrogens (tertiary/aromatic N) is 4. The molecule has 4 heteroatoms. The molecule has 48 heavy (non-hydrogen) atoms. The van der Waals surface area contributed by atoms with E-state index in [9.17, 15) is 5.26 Å². The van der Waals surface area contributed by atoms with Crippen LogP contribution in [0.1, 0.15) is 5.56 Å². The van der Waals surface area contributed by atoms with Crippen molar-refractivity contribution < 1.29 is 0 Å². The topological polar surface area (TPSA) is 38.0 Å². The lowest BCUT2D eigenvalue weighted by atomic mass is 9.96. The van der Waals surface area contributed by atoms with Crippen LogP contribution >= 0.6 is 0 Å². The van der Waals surface area contributed by atoms with Crippen LogP contribution in [0, 0.1) is 17.9 Å². The average molecular weight is 611 g/mol. The zero-order chi connectivity index (χ0) is 32.2. The first-order valence-electron chi connectivity index (χ1n) is 15.9. The third-order valence-corrected chi connectivity index (χ3v) is 9.28. The van der Waals surface area contributed by atoms with Gasteiger partial charge in [-0.05, 0) is 95.1 Å². The van der Waals surface area contributed by atoms with Crippen molar-refractivity contribution in [1.82, 2.24) is 9.13 Å². The molecular weight excluding hydrogens is 585 g/mol. The summed E-state index contributed by atoms with van der Waals surface area (Å²) in [6.45, 7) is 7.70. The first-order valence-corrected chi connectivity index (χ1v) is 15.9. The van der Waals surface area contributed by atoms with Crippen LogP contribution in [0.3, 0.4) is 0 Å². The highest BCUT2D eigenvalue weighted by Crippen LogP contribution is 2.38. The summed E-state index contributed by atoms with van der Waals surface area (Å²) in [6, 6.07) is 57.0.